The first kappa shape index (κ1) is 26.1. The standard InChI is InChI=1S/C13H19.C5H5.2ClH.Hf/c1-2-3-4-5-6-7-10-13-11-8-9-12-13;1-2-4-5-3-1;;;/h2,8-9H,1,3-7,10-11H2;1-3H,4H2;2*1H;/q2*-1;;;+4/p-2. The van der Waals surface area contributed by atoms with E-state index in [0.29, 0.717) is 0 Å². The van der Waals surface area contributed by atoms with Gasteiger partial charge in [-0.05, 0) is 12.8 Å². The SMILES string of the molecule is C=CCCCCCCC1=[C-]C=CC1.[C-]1=CC=CC1.[Cl-].[Cl-].[Hf+4]. The molecule has 2 aliphatic rings. The van der Waals surface area contributed by atoms with Gasteiger partial charge in [-0.3, -0.25) is 12.2 Å². The van der Waals surface area contributed by atoms with E-state index < -0.39 is 0 Å². The third-order valence-electron chi connectivity index (χ3n) is 2.99. The molecule has 0 aromatic carbocycles. The summed E-state index contributed by atoms with van der Waals surface area (Å²) in [7, 11) is 0. The minimum Gasteiger partial charge on any atom is -1.00 e. The van der Waals surface area contributed by atoms with Crippen LogP contribution < -0.4 is 24.8 Å². The maximum absolute atomic E-state index is 3.72. The zero-order valence-electron chi connectivity index (χ0n) is 12.6. The van der Waals surface area contributed by atoms with Crippen molar-refractivity contribution in [3.8, 4) is 0 Å². The van der Waals surface area contributed by atoms with Gasteiger partial charge in [-0.25, -0.2) is 24.3 Å². The summed E-state index contributed by atoms with van der Waals surface area (Å²) in [6, 6.07) is 0. The summed E-state index contributed by atoms with van der Waals surface area (Å²) in [5.41, 5.74) is 1.49. The number of halogens is 2. The van der Waals surface area contributed by atoms with E-state index in [-0.39, 0.29) is 50.7 Å². The average Bonchev–Trinajstić information content (AvgIpc) is 3.07. The van der Waals surface area contributed by atoms with Gasteiger partial charge in [0, 0.05) is 0 Å². The van der Waals surface area contributed by atoms with Crippen LogP contribution in [0.5, 0.6) is 0 Å². The molecule has 0 N–H and O–H groups in total. The van der Waals surface area contributed by atoms with Crippen molar-refractivity contribution in [1.29, 1.82) is 0 Å². The van der Waals surface area contributed by atoms with Gasteiger partial charge in [0.25, 0.3) is 0 Å². The van der Waals surface area contributed by atoms with Crippen LogP contribution in [0.1, 0.15) is 51.4 Å². The van der Waals surface area contributed by atoms with Gasteiger partial charge in [-0.1, -0.05) is 38.2 Å². The van der Waals surface area contributed by atoms with E-state index in [1.807, 2.05) is 24.3 Å². The molecule has 0 saturated heterocycles. The van der Waals surface area contributed by atoms with Crippen molar-refractivity contribution in [2.75, 3.05) is 0 Å². The summed E-state index contributed by atoms with van der Waals surface area (Å²) in [6.07, 6.45) is 28.5. The summed E-state index contributed by atoms with van der Waals surface area (Å²) in [5.74, 6) is 0. The maximum atomic E-state index is 3.72. The van der Waals surface area contributed by atoms with E-state index in [1.165, 1.54) is 44.1 Å². The zero-order chi connectivity index (χ0) is 12.9. The third-order valence-corrected chi connectivity index (χ3v) is 2.99. The number of rotatable bonds is 7. The average molecular weight is 490 g/mol. The smallest absolute Gasteiger partial charge is 1.00 e. The molecule has 0 radical (unpaired) electrons. The molecule has 0 fully saturated rings. The van der Waals surface area contributed by atoms with Gasteiger partial charge in [0.1, 0.15) is 0 Å². The fourth-order valence-corrected chi connectivity index (χ4v) is 1.93. The molecule has 3 heteroatoms. The number of allylic oxidation sites excluding steroid dienone is 9. The molecule has 2 rings (SSSR count). The van der Waals surface area contributed by atoms with Crippen LogP contribution in [0, 0.1) is 12.2 Å². The first-order valence-corrected chi connectivity index (χ1v) is 7.02. The van der Waals surface area contributed by atoms with Crippen LogP contribution in [0.3, 0.4) is 0 Å². The number of unbranched alkanes of at least 4 members (excludes halogenated alkanes) is 4. The third kappa shape index (κ3) is 16.3. The van der Waals surface area contributed by atoms with E-state index in [0.717, 1.165) is 12.8 Å². The summed E-state index contributed by atoms with van der Waals surface area (Å²) in [4.78, 5) is 0. The van der Waals surface area contributed by atoms with E-state index in [9.17, 15) is 0 Å². The quantitative estimate of drug-likeness (QED) is 0.196. The van der Waals surface area contributed by atoms with Crippen LogP contribution in [-0.2, 0) is 25.8 Å². The normalized spacial score (nSPS) is 13.2. The molecule has 0 atom stereocenters. The Morgan fingerprint density at radius 3 is 2.33 bits per heavy atom. The molecule has 0 nitrogen and oxygen atoms in total. The van der Waals surface area contributed by atoms with Gasteiger partial charge < -0.3 is 24.8 Å². The molecule has 0 amide bonds. The Balaban J connectivity index is -0.000000349. The minimum atomic E-state index is 0. The molecule has 0 saturated carbocycles. The van der Waals surface area contributed by atoms with Crippen molar-refractivity contribution in [3.05, 3.63) is 60.8 Å². The molecule has 0 aliphatic heterocycles. The van der Waals surface area contributed by atoms with Gasteiger partial charge in [-0.2, -0.15) is 11.6 Å². The van der Waals surface area contributed by atoms with Crippen molar-refractivity contribution in [1.82, 2.24) is 0 Å². The Labute approximate surface area is 162 Å². The summed E-state index contributed by atoms with van der Waals surface area (Å²) in [6.45, 7) is 3.72. The van der Waals surface area contributed by atoms with Gasteiger partial charge in [0.05, 0.1) is 0 Å². The first-order valence-electron chi connectivity index (χ1n) is 7.02. The van der Waals surface area contributed by atoms with Gasteiger partial charge in [0.15, 0.2) is 0 Å². The van der Waals surface area contributed by atoms with E-state index in [4.69, 9.17) is 0 Å². The van der Waals surface area contributed by atoms with Crippen molar-refractivity contribution in [3.63, 3.8) is 0 Å². The van der Waals surface area contributed by atoms with Crippen LogP contribution in [0.2, 0.25) is 0 Å². The second-order valence-corrected chi connectivity index (χ2v) is 4.60. The van der Waals surface area contributed by atoms with Crippen molar-refractivity contribution in [2.24, 2.45) is 0 Å². The molecule has 114 valence electrons. The largest absolute Gasteiger partial charge is 4.00 e. The molecule has 21 heavy (non-hydrogen) atoms. The molecular weight excluding hydrogens is 466 g/mol. The minimum absolute atomic E-state index is 0. The van der Waals surface area contributed by atoms with Crippen LogP contribution in [0.15, 0.2) is 48.6 Å². The van der Waals surface area contributed by atoms with Crippen LogP contribution in [0.4, 0.5) is 0 Å². The summed E-state index contributed by atoms with van der Waals surface area (Å²) >= 11 is 0. The predicted octanol–water partition coefficient (Wildman–Crippen LogP) is -0.486. The summed E-state index contributed by atoms with van der Waals surface area (Å²) < 4.78 is 0. The Kier molecular flexibility index (Phi) is 25.0. The van der Waals surface area contributed by atoms with Crippen molar-refractivity contribution in [2.45, 2.75) is 51.4 Å². The second kappa shape index (κ2) is 20.2. The molecule has 0 heterocycles. The molecule has 0 aromatic rings. The molecule has 0 bridgehead atoms. The predicted molar refractivity (Wildman–Crippen MR) is 80.0 cm³/mol. The Morgan fingerprint density at radius 1 is 1.10 bits per heavy atom. The van der Waals surface area contributed by atoms with Crippen LogP contribution in [-0.4, -0.2) is 0 Å². The second-order valence-electron chi connectivity index (χ2n) is 4.60. The number of hydrogen-bond acceptors (Lipinski definition) is 0. The van der Waals surface area contributed by atoms with Crippen molar-refractivity contribution < 1.29 is 50.7 Å². The fourth-order valence-electron chi connectivity index (χ4n) is 1.93. The first-order chi connectivity index (χ1) is 8.93. The van der Waals surface area contributed by atoms with Crippen LogP contribution in [0.25, 0.3) is 0 Å². The van der Waals surface area contributed by atoms with E-state index in [1.54, 1.807) is 0 Å². The monoisotopic (exact) mass is 490 g/mol. The fraction of sp³-hybridized carbons (Fsp3) is 0.444. The Morgan fingerprint density at radius 2 is 1.86 bits per heavy atom. The number of hydrogen-bond donors (Lipinski definition) is 0. The Bertz CT molecular complexity index is 331. The van der Waals surface area contributed by atoms with Gasteiger partial charge in [0.2, 0.25) is 0 Å². The topological polar surface area (TPSA) is 0 Å². The Hall–Kier alpha value is 0.150. The molecule has 2 aliphatic carbocycles. The van der Waals surface area contributed by atoms with Crippen LogP contribution >= 0.6 is 0 Å². The van der Waals surface area contributed by atoms with E-state index >= 15 is 0 Å². The zero-order valence-corrected chi connectivity index (χ0v) is 17.7. The van der Waals surface area contributed by atoms with E-state index in [2.05, 4.69) is 30.9 Å². The molecule has 0 aromatic heterocycles. The molecule has 0 unspecified atom stereocenters. The maximum Gasteiger partial charge on any atom is 4.00 e. The summed E-state index contributed by atoms with van der Waals surface area (Å²) in [5, 5.41) is 0. The van der Waals surface area contributed by atoms with Crippen molar-refractivity contribution >= 4 is 0 Å². The molecule has 0 spiro atoms. The van der Waals surface area contributed by atoms with Gasteiger partial charge in [-0.15, -0.1) is 13.0 Å². The van der Waals surface area contributed by atoms with Gasteiger partial charge >= 0.3 is 25.8 Å². The molecular formula is C18H24Cl2Hf.